The van der Waals surface area contributed by atoms with Crippen LogP contribution in [0.4, 0.5) is 8.78 Å². The highest BCUT2D eigenvalue weighted by molar-refractivity contribution is 5.89. The first kappa shape index (κ1) is 16.4. The summed E-state index contributed by atoms with van der Waals surface area (Å²) in [5, 5.41) is 8.76. The second-order valence-electron chi connectivity index (χ2n) is 5.56. The van der Waals surface area contributed by atoms with Gasteiger partial charge in [0, 0.05) is 18.7 Å². The molecule has 0 aliphatic heterocycles. The van der Waals surface area contributed by atoms with E-state index < -0.39 is 23.0 Å². The number of carbonyl (C=O) groups excluding carboxylic acids is 1. The molecule has 0 atom stereocenters. The first-order valence-corrected chi connectivity index (χ1v) is 7.38. The molecule has 1 fully saturated rings. The van der Waals surface area contributed by atoms with Crippen LogP contribution in [0.15, 0.2) is 18.2 Å². The molecule has 1 aliphatic rings. The van der Waals surface area contributed by atoms with Crippen molar-refractivity contribution in [2.75, 3.05) is 13.1 Å². The van der Waals surface area contributed by atoms with Gasteiger partial charge in [-0.15, -0.1) is 0 Å². The Balaban J connectivity index is 2.33. The highest BCUT2D eigenvalue weighted by Crippen LogP contribution is 2.47. The highest BCUT2D eigenvalue weighted by atomic mass is 19.1. The van der Waals surface area contributed by atoms with Gasteiger partial charge in [-0.1, -0.05) is 12.5 Å². The second kappa shape index (κ2) is 6.42. The van der Waals surface area contributed by atoms with Gasteiger partial charge >= 0.3 is 5.97 Å². The molecular formula is C16H19F2NO3. The molecule has 2 rings (SSSR count). The lowest BCUT2D eigenvalue weighted by atomic mass is 9.63. The second-order valence-corrected chi connectivity index (χ2v) is 5.56. The van der Waals surface area contributed by atoms with E-state index >= 15 is 0 Å². The maximum absolute atomic E-state index is 14.1. The Morgan fingerprint density at radius 2 is 1.86 bits per heavy atom. The van der Waals surface area contributed by atoms with Gasteiger partial charge in [-0.2, -0.15) is 0 Å². The molecule has 0 unspecified atom stereocenters. The molecule has 22 heavy (non-hydrogen) atoms. The van der Waals surface area contributed by atoms with E-state index in [9.17, 15) is 18.4 Å². The first-order chi connectivity index (χ1) is 10.4. The highest BCUT2D eigenvalue weighted by Gasteiger charge is 2.50. The summed E-state index contributed by atoms with van der Waals surface area (Å²) in [5.74, 6) is -2.83. The van der Waals surface area contributed by atoms with Gasteiger partial charge in [-0.25, -0.2) is 8.78 Å². The molecule has 0 spiro atoms. The third-order valence-corrected chi connectivity index (χ3v) is 4.32. The summed E-state index contributed by atoms with van der Waals surface area (Å²) in [6.07, 6.45) is 1.30. The molecule has 0 aromatic heterocycles. The van der Waals surface area contributed by atoms with E-state index in [1.807, 2.05) is 0 Å². The number of carboxylic acid groups (broad SMARTS) is 1. The fraction of sp³-hybridized carbons (Fsp3) is 0.500. The van der Waals surface area contributed by atoms with Crippen molar-refractivity contribution in [3.63, 3.8) is 0 Å². The minimum absolute atomic E-state index is 0.0441. The van der Waals surface area contributed by atoms with Crippen molar-refractivity contribution in [1.82, 2.24) is 4.90 Å². The maximum Gasteiger partial charge on any atom is 0.305 e. The summed E-state index contributed by atoms with van der Waals surface area (Å²) < 4.78 is 28.2. The minimum Gasteiger partial charge on any atom is -0.481 e. The average Bonchev–Trinajstić information content (AvgIpc) is 2.41. The molecule has 0 radical (unpaired) electrons. The van der Waals surface area contributed by atoms with Crippen LogP contribution in [0.3, 0.4) is 0 Å². The van der Waals surface area contributed by atoms with Crippen LogP contribution in [0.25, 0.3) is 0 Å². The fourth-order valence-electron chi connectivity index (χ4n) is 2.99. The van der Waals surface area contributed by atoms with Crippen LogP contribution in [0.5, 0.6) is 0 Å². The van der Waals surface area contributed by atoms with Gasteiger partial charge in [0.1, 0.15) is 11.6 Å². The quantitative estimate of drug-likeness (QED) is 0.879. The minimum atomic E-state index is -1.19. The molecule has 0 saturated heterocycles. The van der Waals surface area contributed by atoms with Crippen LogP contribution < -0.4 is 0 Å². The normalized spacial score (nSPS) is 16.0. The molecular weight excluding hydrogens is 292 g/mol. The predicted octanol–water partition coefficient (Wildman–Crippen LogP) is 2.71. The van der Waals surface area contributed by atoms with Gasteiger partial charge in [0.15, 0.2) is 0 Å². The van der Waals surface area contributed by atoms with Gasteiger partial charge in [0.2, 0.25) is 5.91 Å². The van der Waals surface area contributed by atoms with E-state index in [1.165, 1.54) is 11.0 Å². The van der Waals surface area contributed by atoms with Gasteiger partial charge in [-0.3, -0.25) is 9.59 Å². The monoisotopic (exact) mass is 311 g/mol. The Morgan fingerprint density at radius 1 is 1.27 bits per heavy atom. The smallest absolute Gasteiger partial charge is 0.305 e. The van der Waals surface area contributed by atoms with E-state index in [1.54, 1.807) is 6.92 Å². The summed E-state index contributed by atoms with van der Waals surface area (Å²) >= 11 is 0. The van der Waals surface area contributed by atoms with Crippen LogP contribution in [0.2, 0.25) is 0 Å². The van der Waals surface area contributed by atoms with Crippen LogP contribution in [0, 0.1) is 11.6 Å². The summed E-state index contributed by atoms with van der Waals surface area (Å²) in [4.78, 5) is 24.9. The lowest BCUT2D eigenvalue weighted by Gasteiger charge is -2.44. The zero-order chi connectivity index (χ0) is 16.3. The number of halogens is 2. The zero-order valence-corrected chi connectivity index (χ0v) is 12.4. The summed E-state index contributed by atoms with van der Waals surface area (Å²) in [6, 6.07) is 3.58. The van der Waals surface area contributed by atoms with Crippen molar-refractivity contribution in [3.05, 3.63) is 35.4 Å². The van der Waals surface area contributed by atoms with Crippen molar-refractivity contribution in [1.29, 1.82) is 0 Å². The van der Waals surface area contributed by atoms with E-state index in [2.05, 4.69) is 0 Å². The van der Waals surface area contributed by atoms with Crippen molar-refractivity contribution in [2.45, 2.75) is 38.0 Å². The number of nitrogens with zero attached hydrogens (tertiary/aromatic N) is 1. The zero-order valence-electron chi connectivity index (χ0n) is 12.4. The van der Waals surface area contributed by atoms with Gasteiger partial charge < -0.3 is 10.0 Å². The topological polar surface area (TPSA) is 57.6 Å². The Kier molecular flexibility index (Phi) is 4.78. The molecule has 6 heteroatoms. The maximum atomic E-state index is 14.1. The third-order valence-electron chi connectivity index (χ3n) is 4.32. The Labute approximate surface area is 127 Å². The number of benzene rings is 1. The Hall–Kier alpha value is -1.98. The number of likely N-dealkylation sites (N-methyl/N-ethyl adjacent to an activating group) is 1. The molecule has 1 amide bonds. The number of carbonyl (C=O) groups is 2. The van der Waals surface area contributed by atoms with Crippen molar-refractivity contribution in [2.24, 2.45) is 0 Å². The molecule has 120 valence electrons. The van der Waals surface area contributed by atoms with Crippen LogP contribution in [-0.2, 0) is 15.0 Å². The number of amides is 1. The Morgan fingerprint density at radius 3 is 2.27 bits per heavy atom. The van der Waals surface area contributed by atoms with Crippen molar-refractivity contribution < 1.29 is 23.5 Å². The molecule has 0 bridgehead atoms. The standard InChI is InChI=1S/C16H19F2NO3/c1-2-19(10-7-13(20)21)15(22)16(8-4-9-16)14-11(17)5-3-6-12(14)18/h3,5-6H,2,4,7-10H2,1H3,(H,20,21). The van der Waals surface area contributed by atoms with Gasteiger partial charge in [0.25, 0.3) is 0 Å². The summed E-state index contributed by atoms with van der Waals surface area (Å²) in [6.45, 7) is 2.08. The number of rotatable bonds is 6. The largest absolute Gasteiger partial charge is 0.481 e. The SMILES string of the molecule is CCN(CCC(=O)O)C(=O)C1(c2c(F)cccc2F)CCC1. The number of hydrogen-bond acceptors (Lipinski definition) is 2. The molecule has 1 saturated carbocycles. The molecule has 1 aromatic carbocycles. The number of aliphatic carboxylic acids is 1. The average molecular weight is 311 g/mol. The van der Waals surface area contributed by atoms with Gasteiger partial charge in [-0.05, 0) is 31.9 Å². The first-order valence-electron chi connectivity index (χ1n) is 7.38. The molecule has 1 aromatic rings. The van der Waals surface area contributed by atoms with Crippen LogP contribution >= 0.6 is 0 Å². The van der Waals surface area contributed by atoms with Crippen molar-refractivity contribution in [3.8, 4) is 0 Å². The fourth-order valence-corrected chi connectivity index (χ4v) is 2.99. The van der Waals surface area contributed by atoms with Crippen LogP contribution in [0.1, 0.15) is 38.2 Å². The van der Waals surface area contributed by atoms with E-state index in [4.69, 9.17) is 5.11 Å². The van der Waals surface area contributed by atoms with Gasteiger partial charge in [0.05, 0.1) is 11.8 Å². The Bertz CT molecular complexity index is 565. The number of hydrogen-bond donors (Lipinski definition) is 1. The number of carboxylic acids is 1. The molecule has 1 aliphatic carbocycles. The summed E-state index contributed by atoms with van der Waals surface area (Å²) in [5.41, 5.74) is -1.37. The van der Waals surface area contributed by atoms with Crippen molar-refractivity contribution >= 4 is 11.9 Å². The predicted molar refractivity (Wildman–Crippen MR) is 76.4 cm³/mol. The van der Waals surface area contributed by atoms with E-state index in [0.29, 0.717) is 19.4 Å². The van der Waals surface area contributed by atoms with E-state index in [0.717, 1.165) is 18.6 Å². The van der Waals surface area contributed by atoms with E-state index in [-0.39, 0.29) is 24.4 Å². The molecule has 0 heterocycles. The third kappa shape index (κ3) is 2.82. The molecule has 4 nitrogen and oxygen atoms in total. The lowest BCUT2D eigenvalue weighted by Crippen LogP contribution is -2.52. The van der Waals surface area contributed by atoms with Crippen LogP contribution in [-0.4, -0.2) is 35.0 Å². The molecule has 1 N–H and O–H groups in total. The lowest BCUT2D eigenvalue weighted by molar-refractivity contribution is -0.143. The summed E-state index contributed by atoms with van der Waals surface area (Å²) in [7, 11) is 0.